The van der Waals surface area contributed by atoms with Crippen LogP contribution in [0.25, 0.3) is 0 Å². The first-order chi connectivity index (χ1) is 7.50. The van der Waals surface area contributed by atoms with Crippen LogP contribution in [0.15, 0.2) is 0 Å². The van der Waals surface area contributed by atoms with Gasteiger partial charge in [-0.15, -0.1) is 0 Å². The van der Waals surface area contributed by atoms with Crippen molar-refractivity contribution >= 4 is 0 Å². The third-order valence-electron chi connectivity index (χ3n) is 3.79. The van der Waals surface area contributed by atoms with Crippen LogP contribution in [0, 0.1) is 11.8 Å². The normalized spacial score (nSPS) is 25.5. The molecule has 96 valence electrons. The van der Waals surface area contributed by atoms with Crippen molar-refractivity contribution in [1.29, 1.82) is 0 Å². The molecule has 0 aliphatic heterocycles. The predicted molar refractivity (Wildman–Crippen MR) is 71.7 cm³/mol. The maximum Gasteiger partial charge on any atom is 0.0133 e. The van der Waals surface area contributed by atoms with Gasteiger partial charge in [0.1, 0.15) is 0 Å². The lowest BCUT2D eigenvalue weighted by molar-refractivity contribution is 0.0789. The molecule has 1 rings (SSSR count). The van der Waals surface area contributed by atoms with Crippen LogP contribution in [0.5, 0.6) is 0 Å². The molecule has 16 heavy (non-hydrogen) atoms. The van der Waals surface area contributed by atoms with Gasteiger partial charge in [-0.05, 0) is 51.2 Å². The highest BCUT2D eigenvalue weighted by molar-refractivity contribution is 4.89. The molecular weight excluding hydrogens is 196 g/mol. The summed E-state index contributed by atoms with van der Waals surface area (Å²) in [6.45, 7) is 11.6. The van der Waals surface area contributed by atoms with Crippen LogP contribution in [0.3, 0.4) is 0 Å². The van der Waals surface area contributed by atoms with Crippen molar-refractivity contribution < 1.29 is 0 Å². The first kappa shape index (κ1) is 14.0. The number of hydrogen-bond donors (Lipinski definition) is 1. The van der Waals surface area contributed by atoms with Crippen molar-refractivity contribution in [2.24, 2.45) is 11.8 Å². The standard InChI is InChI=1S/C14H30N2/c1-11(2)8-9-16(5)14-7-6-13(14)10-15-12(3)4/h11-15H,6-10H2,1-5H3. The minimum atomic E-state index is 0.627. The molecule has 0 amide bonds. The first-order valence-corrected chi connectivity index (χ1v) is 6.94. The average molecular weight is 226 g/mol. The number of nitrogens with zero attached hydrogens (tertiary/aromatic N) is 1. The molecule has 2 nitrogen and oxygen atoms in total. The summed E-state index contributed by atoms with van der Waals surface area (Å²) in [7, 11) is 2.30. The minimum Gasteiger partial charge on any atom is -0.314 e. The van der Waals surface area contributed by atoms with Gasteiger partial charge in [-0.25, -0.2) is 0 Å². The summed E-state index contributed by atoms with van der Waals surface area (Å²) in [5.74, 6) is 1.72. The summed E-state index contributed by atoms with van der Waals surface area (Å²) in [6.07, 6.45) is 4.15. The van der Waals surface area contributed by atoms with Crippen molar-refractivity contribution in [2.75, 3.05) is 20.1 Å². The molecule has 1 fully saturated rings. The van der Waals surface area contributed by atoms with Crippen LogP contribution >= 0.6 is 0 Å². The second-order valence-electron chi connectivity index (χ2n) is 6.13. The molecule has 0 bridgehead atoms. The monoisotopic (exact) mass is 226 g/mol. The number of rotatable bonds is 7. The molecule has 1 saturated carbocycles. The molecule has 2 atom stereocenters. The number of hydrogen-bond acceptors (Lipinski definition) is 2. The summed E-state index contributed by atoms with van der Waals surface area (Å²) in [4.78, 5) is 2.58. The van der Waals surface area contributed by atoms with E-state index < -0.39 is 0 Å². The zero-order valence-corrected chi connectivity index (χ0v) is 11.8. The van der Waals surface area contributed by atoms with Crippen molar-refractivity contribution in [2.45, 2.75) is 59.0 Å². The Balaban J connectivity index is 2.20. The van der Waals surface area contributed by atoms with E-state index in [1.807, 2.05) is 0 Å². The lowest BCUT2D eigenvalue weighted by Gasteiger charge is -2.43. The van der Waals surface area contributed by atoms with Gasteiger partial charge in [0.05, 0.1) is 0 Å². The van der Waals surface area contributed by atoms with Gasteiger partial charge < -0.3 is 10.2 Å². The highest BCUT2D eigenvalue weighted by atomic mass is 15.1. The predicted octanol–water partition coefficient (Wildman–Crippen LogP) is 2.74. The first-order valence-electron chi connectivity index (χ1n) is 6.94. The Hall–Kier alpha value is -0.0800. The van der Waals surface area contributed by atoms with Crippen LogP contribution < -0.4 is 5.32 Å². The summed E-state index contributed by atoms with van der Waals surface area (Å²) < 4.78 is 0. The highest BCUT2D eigenvalue weighted by Gasteiger charge is 2.33. The molecule has 0 radical (unpaired) electrons. The fourth-order valence-corrected chi connectivity index (χ4v) is 2.38. The quantitative estimate of drug-likeness (QED) is 0.718. The van der Waals surface area contributed by atoms with Crippen LogP contribution in [0.4, 0.5) is 0 Å². The van der Waals surface area contributed by atoms with Gasteiger partial charge in [0.2, 0.25) is 0 Å². The van der Waals surface area contributed by atoms with Crippen molar-refractivity contribution in [3.63, 3.8) is 0 Å². The summed E-state index contributed by atoms with van der Waals surface area (Å²) in [5.41, 5.74) is 0. The van der Waals surface area contributed by atoms with E-state index in [0.29, 0.717) is 6.04 Å². The Kier molecular flexibility index (Phi) is 5.77. The van der Waals surface area contributed by atoms with Crippen molar-refractivity contribution in [3.8, 4) is 0 Å². The second kappa shape index (κ2) is 6.61. The van der Waals surface area contributed by atoms with Crippen LogP contribution in [-0.4, -0.2) is 37.1 Å². The van der Waals surface area contributed by atoms with Gasteiger partial charge in [0, 0.05) is 12.1 Å². The van der Waals surface area contributed by atoms with E-state index in [0.717, 1.165) is 17.9 Å². The Morgan fingerprint density at radius 3 is 2.31 bits per heavy atom. The van der Waals surface area contributed by atoms with Crippen LogP contribution in [0.1, 0.15) is 47.0 Å². The average Bonchev–Trinajstić information content (AvgIpc) is 2.12. The molecule has 0 saturated heterocycles. The van der Waals surface area contributed by atoms with Crippen molar-refractivity contribution in [3.05, 3.63) is 0 Å². The van der Waals surface area contributed by atoms with Gasteiger partial charge in [-0.1, -0.05) is 27.7 Å². The van der Waals surface area contributed by atoms with Crippen LogP contribution in [-0.2, 0) is 0 Å². The molecular formula is C14H30N2. The molecule has 0 aromatic carbocycles. The third-order valence-corrected chi connectivity index (χ3v) is 3.79. The Morgan fingerprint density at radius 2 is 1.88 bits per heavy atom. The molecule has 0 heterocycles. The van der Waals surface area contributed by atoms with E-state index in [2.05, 4.69) is 45.0 Å². The van der Waals surface area contributed by atoms with E-state index >= 15 is 0 Å². The zero-order valence-electron chi connectivity index (χ0n) is 11.8. The maximum absolute atomic E-state index is 3.57. The number of nitrogens with one attached hydrogen (secondary N) is 1. The molecule has 2 unspecified atom stereocenters. The smallest absolute Gasteiger partial charge is 0.0133 e. The SMILES string of the molecule is CC(C)CCN(C)C1CCC1CNC(C)C. The highest BCUT2D eigenvalue weighted by Crippen LogP contribution is 2.31. The zero-order chi connectivity index (χ0) is 12.1. The molecule has 1 aliphatic rings. The Morgan fingerprint density at radius 1 is 1.19 bits per heavy atom. The Labute approximate surface area is 102 Å². The summed E-state index contributed by atoms with van der Waals surface area (Å²) in [6, 6.07) is 1.47. The van der Waals surface area contributed by atoms with Gasteiger partial charge in [0.25, 0.3) is 0 Å². The molecule has 0 aromatic heterocycles. The fourth-order valence-electron chi connectivity index (χ4n) is 2.38. The molecule has 0 aromatic rings. The van der Waals surface area contributed by atoms with E-state index in [1.54, 1.807) is 0 Å². The molecule has 1 aliphatic carbocycles. The topological polar surface area (TPSA) is 15.3 Å². The molecule has 0 spiro atoms. The van der Waals surface area contributed by atoms with Crippen LogP contribution in [0.2, 0.25) is 0 Å². The summed E-state index contributed by atoms with van der Waals surface area (Å²) >= 11 is 0. The minimum absolute atomic E-state index is 0.627. The van der Waals surface area contributed by atoms with E-state index in [9.17, 15) is 0 Å². The Bertz CT molecular complexity index is 175. The maximum atomic E-state index is 3.57. The molecule has 2 heteroatoms. The van der Waals surface area contributed by atoms with Crippen molar-refractivity contribution in [1.82, 2.24) is 10.2 Å². The largest absolute Gasteiger partial charge is 0.314 e. The fraction of sp³-hybridized carbons (Fsp3) is 1.00. The van der Waals surface area contributed by atoms with Gasteiger partial charge in [-0.2, -0.15) is 0 Å². The second-order valence-corrected chi connectivity index (χ2v) is 6.13. The van der Waals surface area contributed by atoms with Gasteiger partial charge >= 0.3 is 0 Å². The summed E-state index contributed by atoms with van der Waals surface area (Å²) in [5, 5.41) is 3.57. The lowest BCUT2D eigenvalue weighted by Crippen LogP contribution is -2.50. The van der Waals surface area contributed by atoms with E-state index in [-0.39, 0.29) is 0 Å². The molecule has 1 N–H and O–H groups in total. The third kappa shape index (κ3) is 4.42. The lowest BCUT2D eigenvalue weighted by atomic mass is 9.78. The van der Waals surface area contributed by atoms with E-state index in [1.165, 1.54) is 32.4 Å². The van der Waals surface area contributed by atoms with E-state index in [4.69, 9.17) is 0 Å². The van der Waals surface area contributed by atoms with Gasteiger partial charge in [-0.3, -0.25) is 0 Å². The van der Waals surface area contributed by atoms with Gasteiger partial charge in [0.15, 0.2) is 0 Å².